The number of anilines is 1. The number of hydrogen-bond acceptors (Lipinski definition) is 8. The molecule has 0 spiro atoms. The maximum absolute atomic E-state index is 5.57. The van der Waals surface area contributed by atoms with Gasteiger partial charge in [0.25, 0.3) is 0 Å². The van der Waals surface area contributed by atoms with Gasteiger partial charge in [-0.05, 0) is 26.7 Å². The van der Waals surface area contributed by atoms with E-state index in [9.17, 15) is 0 Å². The van der Waals surface area contributed by atoms with E-state index in [4.69, 9.17) is 9.15 Å². The molecule has 1 N–H and O–H groups in total. The molecule has 3 rings (SSSR count). The Kier molecular flexibility index (Phi) is 4.77. The molecule has 2 aromatic heterocycles. The van der Waals surface area contributed by atoms with Gasteiger partial charge in [-0.1, -0.05) is 23.1 Å². The zero-order valence-electron chi connectivity index (χ0n) is 12.1. The van der Waals surface area contributed by atoms with Crippen LogP contribution in [0.15, 0.2) is 8.76 Å². The number of rotatable bonds is 6. The van der Waals surface area contributed by atoms with Gasteiger partial charge in [-0.15, -0.1) is 10.2 Å². The molecule has 0 aliphatic carbocycles. The standard InChI is InChI=1S/C13H18N4O2S2/c1-8-9(2)19-11(15-8)7-20-13-17-16-12(21-13)14-6-10-4-3-5-18-10/h10H,3-7H2,1-2H3,(H,14,16)/t10-/m1/s1. The SMILES string of the molecule is Cc1nc(CSc2nnc(NC[C@H]3CCCO3)s2)oc1C. The highest BCUT2D eigenvalue weighted by Crippen LogP contribution is 2.28. The first kappa shape index (κ1) is 14.8. The maximum atomic E-state index is 5.57. The number of thioether (sulfide) groups is 1. The van der Waals surface area contributed by atoms with Crippen molar-refractivity contribution in [3.63, 3.8) is 0 Å². The molecular formula is C13H18N4O2S2. The van der Waals surface area contributed by atoms with Crippen LogP contribution in [0.25, 0.3) is 0 Å². The lowest BCUT2D eigenvalue weighted by atomic mass is 10.2. The van der Waals surface area contributed by atoms with E-state index in [1.165, 1.54) is 0 Å². The Balaban J connectivity index is 1.48. The third kappa shape index (κ3) is 3.96. The average molecular weight is 326 g/mol. The van der Waals surface area contributed by atoms with Crippen molar-refractivity contribution in [3.8, 4) is 0 Å². The predicted octanol–water partition coefficient (Wildman–Crippen LogP) is 3.03. The van der Waals surface area contributed by atoms with Crippen molar-refractivity contribution in [1.29, 1.82) is 0 Å². The van der Waals surface area contributed by atoms with Crippen LogP contribution >= 0.6 is 23.1 Å². The number of aromatic nitrogens is 3. The third-order valence-electron chi connectivity index (χ3n) is 3.30. The van der Waals surface area contributed by atoms with E-state index in [-0.39, 0.29) is 0 Å². The summed E-state index contributed by atoms with van der Waals surface area (Å²) in [6, 6.07) is 0. The number of nitrogens with one attached hydrogen (secondary N) is 1. The van der Waals surface area contributed by atoms with Gasteiger partial charge in [-0.2, -0.15) is 0 Å². The Morgan fingerprint density at radius 2 is 2.29 bits per heavy atom. The van der Waals surface area contributed by atoms with E-state index in [1.807, 2.05) is 13.8 Å². The van der Waals surface area contributed by atoms with Gasteiger partial charge in [-0.25, -0.2) is 4.98 Å². The van der Waals surface area contributed by atoms with Gasteiger partial charge < -0.3 is 14.5 Å². The van der Waals surface area contributed by atoms with Gasteiger partial charge in [0.15, 0.2) is 4.34 Å². The molecule has 8 heteroatoms. The molecule has 21 heavy (non-hydrogen) atoms. The summed E-state index contributed by atoms with van der Waals surface area (Å²) in [6.45, 7) is 5.55. The molecule has 0 aromatic carbocycles. The van der Waals surface area contributed by atoms with Crippen molar-refractivity contribution < 1.29 is 9.15 Å². The lowest BCUT2D eigenvalue weighted by Crippen LogP contribution is -2.18. The highest BCUT2D eigenvalue weighted by Gasteiger charge is 2.16. The Morgan fingerprint density at radius 1 is 1.38 bits per heavy atom. The maximum Gasteiger partial charge on any atom is 0.206 e. The normalized spacial score (nSPS) is 18.3. The van der Waals surface area contributed by atoms with Gasteiger partial charge in [0.2, 0.25) is 11.0 Å². The first-order chi connectivity index (χ1) is 10.2. The van der Waals surface area contributed by atoms with E-state index in [2.05, 4.69) is 20.5 Å². The van der Waals surface area contributed by atoms with Gasteiger partial charge in [0.1, 0.15) is 5.76 Å². The summed E-state index contributed by atoms with van der Waals surface area (Å²) in [4.78, 5) is 4.36. The van der Waals surface area contributed by atoms with Crippen LogP contribution in [0.5, 0.6) is 0 Å². The van der Waals surface area contributed by atoms with Crippen LogP contribution in [0.3, 0.4) is 0 Å². The zero-order chi connectivity index (χ0) is 14.7. The summed E-state index contributed by atoms with van der Waals surface area (Å²) in [6.07, 6.45) is 2.58. The van der Waals surface area contributed by atoms with Crippen LogP contribution in [-0.2, 0) is 10.5 Å². The topological polar surface area (TPSA) is 73.1 Å². The second-order valence-electron chi connectivity index (χ2n) is 4.93. The number of nitrogens with zero attached hydrogens (tertiary/aromatic N) is 3. The predicted molar refractivity (Wildman–Crippen MR) is 82.9 cm³/mol. The fraction of sp³-hybridized carbons (Fsp3) is 0.615. The van der Waals surface area contributed by atoms with E-state index in [0.717, 1.165) is 52.8 Å². The van der Waals surface area contributed by atoms with Crippen LogP contribution in [0.2, 0.25) is 0 Å². The second kappa shape index (κ2) is 6.76. The molecule has 6 nitrogen and oxygen atoms in total. The molecule has 114 valence electrons. The van der Waals surface area contributed by atoms with E-state index < -0.39 is 0 Å². The van der Waals surface area contributed by atoms with E-state index in [0.29, 0.717) is 11.9 Å². The van der Waals surface area contributed by atoms with E-state index in [1.54, 1.807) is 23.1 Å². The summed E-state index contributed by atoms with van der Waals surface area (Å²) in [7, 11) is 0. The molecule has 1 aliphatic rings. The molecule has 0 radical (unpaired) electrons. The Morgan fingerprint density at radius 3 is 3.00 bits per heavy atom. The minimum absolute atomic E-state index is 0.309. The molecule has 0 amide bonds. The zero-order valence-corrected chi connectivity index (χ0v) is 13.7. The number of aryl methyl sites for hydroxylation is 2. The molecule has 1 aliphatic heterocycles. The average Bonchev–Trinajstić information content (AvgIpc) is 3.18. The Hall–Kier alpha value is -1.12. The molecule has 3 heterocycles. The highest BCUT2D eigenvalue weighted by atomic mass is 32.2. The molecular weight excluding hydrogens is 308 g/mol. The molecule has 0 saturated carbocycles. The van der Waals surface area contributed by atoms with Crippen molar-refractivity contribution in [1.82, 2.24) is 15.2 Å². The summed E-state index contributed by atoms with van der Waals surface area (Å²) in [5.41, 5.74) is 0.946. The van der Waals surface area contributed by atoms with Gasteiger partial charge in [0.05, 0.1) is 17.6 Å². The minimum Gasteiger partial charge on any atom is -0.445 e. The lowest BCUT2D eigenvalue weighted by Gasteiger charge is -2.08. The number of ether oxygens (including phenoxy) is 1. The summed E-state index contributed by atoms with van der Waals surface area (Å²) in [5, 5.41) is 12.4. The molecule has 1 fully saturated rings. The van der Waals surface area contributed by atoms with Gasteiger partial charge in [0, 0.05) is 13.2 Å². The first-order valence-corrected chi connectivity index (χ1v) is 8.75. The second-order valence-corrected chi connectivity index (χ2v) is 7.13. The third-order valence-corrected chi connectivity index (χ3v) is 5.30. The lowest BCUT2D eigenvalue weighted by molar-refractivity contribution is 0.120. The van der Waals surface area contributed by atoms with Gasteiger partial charge in [-0.3, -0.25) is 0 Å². The largest absolute Gasteiger partial charge is 0.445 e. The summed E-state index contributed by atoms with van der Waals surface area (Å²) in [5.74, 6) is 2.29. The minimum atomic E-state index is 0.309. The van der Waals surface area contributed by atoms with Crippen molar-refractivity contribution in [2.24, 2.45) is 0 Å². The number of oxazole rings is 1. The first-order valence-electron chi connectivity index (χ1n) is 6.95. The smallest absolute Gasteiger partial charge is 0.206 e. The van der Waals surface area contributed by atoms with Crippen molar-refractivity contribution in [3.05, 3.63) is 17.3 Å². The van der Waals surface area contributed by atoms with Crippen LogP contribution < -0.4 is 5.32 Å². The number of hydrogen-bond donors (Lipinski definition) is 1. The van der Waals surface area contributed by atoms with Crippen LogP contribution in [0.1, 0.15) is 30.2 Å². The quantitative estimate of drug-likeness (QED) is 0.818. The molecule has 0 bridgehead atoms. The summed E-state index contributed by atoms with van der Waals surface area (Å²) < 4.78 is 12.0. The van der Waals surface area contributed by atoms with Gasteiger partial charge >= 0.3 is 0 Å². The van der Waals surface area contributed by atoms with Crippen molar-refractivity contribution >= 4 is 28.2 Å². The van der Waals surface area contributed by atoms with Crippen LogP contribution in [-0.4, -0.2) is 34.4 Å². The van der Waals surface area contributed by atoms with Crippen molar-refractivity contribution in [2.45, 2.75) is 42.9 Å². The monoisotopic (exact) mass is 326 g/mol. The summed E-state index contributed by atoms with van der Waals surface area (Å²) >= 11 is 3.14. The Bertz CT molecular complexity index is 573. The highest BCUT2D eigenvalue weighted by molar-refractivity contribution is 8.00. The molecule has 2 aromatic rings. The Labute approximate surface area is 131 Å². The van der Waals surface area contributed by atoms with E-state index >= 15 is 0 Å². The van der Waals surface area contributed by atoms with Crippen LogP contribution in [0, 0.1) is 13.8 Å². The van der Waals surface area contributed by atoms with Crippen molar-refractivity contribution in [2.75, 3.05) is 18.5 Å². The molecule has 0 unspecified atom stereocenters. The fourth-order valence-electron chi connectivity index (χ4n) is 2.07. The fourth-order valence-corrected chi connectivity index (χ4v) is 3.67. The molecule has 1 saturated heterocycles. The van der Waals surface area contributed by atoms with Crippen LogP contribution in [0.4, 0.5) is 5.13 Å². The molecule has 1 atom stereocenters.